The molecule has 1 aromatic heterocycles. The third kappa shape index (κ3) is 5.52. The van der Waals surface area contributed by atoms with E-state index >= 15 is 0 Å². The van der Waals surface area contributed by atoms with E-state index in [1.54, 1.807) is 7.11 Å². The molecule has 5 heteroatoms. The highest BCUT2D eigenvalue weighted by Gasteiger charge is 2.14. The molecule has 5 nitrogen and oxygen atoms in total. The molecule has 0 amide bonds. The summed E-state index contributed by atoms with van der Waals surface area (Å²) in [6.45, 7) is 7.24. The van der Waals surface area contributed by atoms with Gasteiger partial charge in [0.25, 0.3) is 0 Å². The Kier molecular flexibility index (Phi) is 7.83. The molecule has 170 valence electrons. The van der Waals surface area contributed by atoms with E-state index in [4.69, 9.17) is 14.5 Å². The van der Waals surface area contributed by atoms with Gasteiger partial charge in [-0.3, -0.25) is 0 Å². The van der Waals surface area contributed by atoms with Crippen molar-refractivity contribution in [1.29, 1.82) is 0 Å². The number of ether oxygens (including phenoxy) is 2. The molecule has 0 aliphatic carbocycles. The van der Waals surface area contributed by atoms with Gasteiger partial charge >= 0.3 is 0 Å². The Bertz CT molecular complexity index is 1030. The highest BCUT2D eigenvalue weighted by Crippen LogP contribution is 2.29. The molecule has 4 rings (SSSR count). The van der Waals surface area contributed by atoms with Crippen LogP contribution >= 0.6 is 0 Å². The number of rotatable bonds is 11. The molecule has 0 radical (unpaired) electrons. The van der Waals surface area contributed by atoms with Crippen molar-refractivity contribution in [2.45, 2.75) is 45.6 Å². The Morgan fingerprint density at radius 3 is 2.66 bits per heavy atom. The minimum atomic E-state index is 0.638. The van der Waals surface area contributed by atoms with Crippen molar-refractivity contribution in [3.8, 4) is 11.5 Å². The fourth-order valence-corrected chi connectivity index (χ4v) is 4.54. The average Bonchev–Trinajstić information content (AvgIpc) is 3.45. The number of hydrogen-bond acceptors (Lipinski definition) is 4. The maximum atomic E-state index is 6.07. The van der Waals surface area contributed by atoms with Crippen molar-refractivity contribution in [2.24, 2.45) is 0 Å². The molecule has 1 saturated heterocycles. The molecular weight excluding hydrogens is 398 g/mol. The molecule has 1 aliphatic heterocycles. The maximum absolute atomic E-state index is 6.07. The van der Waals surface area contributed by atoms with Gasteiger partial charge in [-0.15, -0.1) is 0 Å². The molecule has 1 aliphatic rings. The lowest BCUT2D eigenvalue weighted by atomic mass is 10.2. The van der Waals surface area contributed by atoms with Gasteiger partial charge in [0, 0.05) is 13.0 Å². The summed E-state index contributed by atoms with van der Waals surface area (Å²) < 4.78 is 14.0. The first-order chi connectivity index (χ1) is 15.8. The first-order valence-corrected chi connectivity index (χ1v) is 11.9. The molecule has 0 bridgehead atoms. The van der Waals surface area contributed by atoms with Crippen molar-refractivity contribution in [2.75, 3.05) is 33.4 Å². The van der Waals surface area contributed by atoms with E-state index in [0.29, 0.717) is 6.61 Å². The number of hydrogen-bond donors (Lipinski definition) is 0. The lowest BCUT2D eigenvalue weighted by Crippen LogP contribution is -2.21. The van der Waals surface area contributed by atoms with Crippen molar-refractivity contribution in [1.82, 2.24) is 14.5 Å². The number of imidazole rings is 1. The zero-order valence-corrected chi connectivity index (χ0v) is 19.4. The first kappa shape index (κ1) is 22.4. The van der Waals surface area contributed by atoms with Gasteiger partial charge in [0.05, 0.1) is 24.8 Å². The minimum absolute atomic E-state index is 0.638. The Labute approximate surface area is 191 Å². The van der Waals surface area contributed by atoms with E-state index in [1.165, 1.54) is 43.8 Å². The second kappa shape index (κ2) is 11.2. The molecule has 0 saturated carbocycles. The van der Waals surface area contributed by atoms with Crippen LogP contribution in [0.2, 0.25) is 0 Å². The molecule has 0 N–H and O–H groups in total. The summed E-state index contributed by atoms with van der Waals surface area (Å²) in [6.07, 6.45) is 9.87. The molecule has 2 heterocycles. The number of benzene rings is 2. The zero-order chi connectivity index (χ0) is 22.2. The van der Waals surface area contributed by atoms with Gasteiger partial charge in [-0.1, -0.05) is 30.4 Å². The predicted molar refractivity (Wildman–Crippen MR) is 132 cm³/mol. The number of nitrogens with zero attached hydrogens (tertiary/aromatic N) is 3. The van der Waals surface area contributed by atoms with E-state index in [1.807, 2.05) is 25.1 Å². The van der Waals surface area contributed by atoms with Gasteiger partial charge < -0.3 is 18.9 Å². The SMILES string of the molecule is C/C=C/c1ccc(OCCCn2c(CCCN3CCCC3)nc3ccccc32)c(OC)c1. The van der Waals surface area contributed by atoms with Crippen LogP contribution < -0.4 is 9.47 Å². The third-order valence-electron chi connectivity index (χ3n) is 6.14. The van der Waals surface area contributed by atoms with Crippen LogP contribution in [0.1, 0.15) is 44.0 Å². The van der Waals surface area contributed by atoms with Crippen molar-refractivity contribution < 1.29 is 9.47 Å². The second-order valence-corrected chi connectivity index (χ2v) is 8.43. The molecule has 0 atom stereocenters. The molecule has 1 fully saturated rings. The number of allylic oxidation sites excluding steroid dienone is 1. The summed E-state index contributed by atoms with van der Waals surface area (Å²) in [6, 6.07) is 14.5. The molecule has 0 spiro atoms. The second-order valence-electron chi connectivity index (χ2n) is 8.43. The normalized spacial score (nSPS) is 14.6. The summed E-state index contributed by atoms with van der Waals surface area (Å²) in [5.74, 6) is 2.76. The Morgan fingerprint density at radius 2 is 1.84 bits per heavy atom. The van der Waals surface area contributed by atoms with E-state index < -0.39 is 0 Å². The Balaban J connectivity index is 1.37. The molecule has 0 unspecified atom stereocenters. The highest BCUT2D eigenvalue weighted by atomic mass is 16.5. The quantitative estimate of drug-likeness (QED) is 0.370. The van der Waals surface area contributed by atoms with Crippen LogP contribution in [0.15, 0.2) is 48.5 Å². The Hall–Kier alpha value is -2.79. The molecule has 32 heavy (non-hydrogen) atoms. The van der Waals surface area contributed by atoms with Crippen molar-refractivity contribution >= 4 is 17.1 Å². The standard InChI is InChI=1S/C27H35N3O2/c1-3-10-22-14-15-25(26(21-22)31-2)32-20-9-19-30-24-12-5-4-11-23(24)28-27(30)13-8-18-29-16-6-7-17-29/h3-5,10-12,14-15,21H,6-9,13,16-20H2,1-2H3/b10-3+. The first-order valence-electron chi connectivity index (χ1n) is 11.9. The monoisotopic (exact) mass is 433 g/mol. The Morgan fingerprint density at radius 1 is 1.00 bits per heavy atom. The third-order valence-corrected chi connectivity index (χ3v) is 6.14. The number of aromatic nitrogens is 2. The van der Waals surface area contributed by atoms with Crippen LogP contribution in [0.4, 0.5) is 0 Å². The predicted octanol–water partition coefficient (Wildman–Crippen LogP) is 5.58. The number of methoxy groups -OCH3 is 1. The smallest absolute Gasteiger partial charge is 0.161 e. The van der Waals surface area contributed by atoms with E-state index in [-0.39, 0.29) is 0 Å². The summed E-state index contributed by atoms with van der Waals surface area (Å²) in [5.41, 5.74) is 3.42. The van der Waals surface area contributed by atoms with E-state index in [9.17, 15) is 0 Å². The number of para-hydroxylation sites is 2. The van der Waals surface area contributed by atoms with Crippen molar-refractivity contribution in [3.63, 3.8) is 0 Å². The van der Waals surface area contributed by atoms with Crippen LogP contribution in [-0.4, -0.2) is 47.8 Å². The largest absolute Gasteiger partial charge is 0.493 e. The summed E-state index contributed by atoms with van der Waals surface area (Å²) in [7, 11) is 1.69. The lowest BCUT2D eigenvalue weighted by Gasteiger charge is -2.15. The van der Waals surface area contributed by atoms with E-state index in [0.717, 1.165) is 48.4 Å². The topological polar surface area (TPSA) is 39.5 Å². The van der Waals surface area contributed by atoms with Gasteiger partial charge in [-0.2, -0.15) is 0 Å². The molecule has 3 aromatic rings. The number of likely N-dealkylation sites (tertiary alicyclic amines) is 1. The maximum Gasteiger partial charge on any atom is 0.161 e. The molecular formula is C27H35N3O2. The van der Waals surface area contributed by atoms with Crippen LogP contribution in [0.3, 0.4) is 0 Å². The minimum Gasteiger partial charge on any atom is -0.493 e. The fraction of sp³-hybridized carbons (Fsp3) is 0.444. The van der Waals surface area contributed by atoms with Crippen LogP contribution in [0.5, 0.6) is 11.5 Å². The van der Waals surface area contributed by atoms with Crippen LogP contribution in [0, 0.1) is 0 Å². The van der Waals surface area contributed by atoms with Gasteiger partial charge in [-0.25, -0.2) is 4.98 Å². The average molecular weight is 434 g/mol. The van der Waals surface area contributed by atoms with Gasteiger partial charge in [0.2, 0.25) is 0 Å². The van der Waals surface area contributed by atoms with Gasteiger partial charge in [0.1, 0.15) is 5.82 Å². The lowest BCUT2D eigenvalue weighted by molar-refractivity contribution is 0.282. The fourth-order valence-electron chi connectivity index (χ4n) is 4.54. The van der Waals surface area contributed by atoms with E-state index in [2.05, 4.69) is 45.9 Å². The van der Waals surface area contributed by atoms with Crippen LogP contribution in [0.25, 0.3) is 17.1 Å². The number of aryl methyl sites for hydroxylation is 2. The van der Waals surface area contributed by atoms with Crippen LogP contribution in [-0.2, 0) is 13.0 Å². The van der Waals surface area contributed by atoms with Crippen molar-refractivity contribution in [3.05, 3.63) is 59.9 Å². The van der Waals surface area contributed by atoms with Gasteiger partial charge in [-0.05, 0) is 82.1 Å². The molecule has 2 aromatic carbocycles. The highest BCUT2D eigenvalue weighted by molar-refractivity contribution is 5.75. The summed E-state index contributed by atoms with van der Waals surface area (Å²) in [4.78, 5) is 7.52. The summed E-state index contributed by atoms with van der Waals surface area (Å²) >= 11 is 0. The zero-order valence-electron chi connectivity index (χ0n) is 19.4. The van der Waals surface area contributed by atoms with Gasteiger partial charge in [0.15, 0.2) is 11.5 Å². The summed E-state index contributed by atoms with van der Waals surface area (Å²) in [5, 5.41) is 0. The number of fused-ring (bicyclic) bond motifs is 1.